The molecule has 0 radical (unpaired) electrons. The predicted molar refractivity (Wildman–Crippen MR) is 98.4 cm³/mol. The van der Waals surface area contributed by atoms with Crippen molar-refractivity contribution in [2.24, 2.45) is 5.41 Å². The number of nitrogens with one attached hydrogen (secondary N) is 1. The molecule has 3 saturated heterocycles. The lowest BCUT2D eigenvalue weighted by Gasteiger charge is -2.47. The minimum atomic E-state index is -0.199. The van der Waals surface area contributed by atoms with Gasteiger partial charge in [0.1, 0.15) is 11.9 Å². The number of fused-ring (bicyclic) bond motifs is 6. The molecular weight excluding hydrogens is 336 g/mol. The number of amides is 1. The zero-order valence-corrected chi connectivity index (χ0v) is 15.3. The fourth-order valence-corrected chi connectivity index (χ4v) is 5.51. The molecule has 1 aliphatic carbocycles. The summed E-state index contributed by atoms with van der Waals surface area (Å²) in [6.45, 7) is 3.13. The number of ether oxygens (including phenoxy) is 1. The Bertz CT molecular complexity index is 698. The van der Waals surface area contributed by atoms with Gasteiger partial charge in [0.2, 0.25) is 5.91 Å². The van der Waals surface area contributed by atoms with E-state index in [0.29, 0.717) is 10.9 Å². The van der Waals surface area contributed by atoms with E-state index < -0.39 is 0 Å². The first kappa shape index (κ1) is 16.0. The Morgan fingerprint density at radius 1 is 1.16 bits per heavy atom. The Balaban J connectivity index is 1.44. The Morgan fingerprint density at radius 2 is 1.88 bits per heavy atom. The fourth-order valence-electron chi connectivity index (χ4n) is 5.28. The highest BCUT2D eigenvalue weighted by Gasteiger charge is 2.46. The number of nitrogens with zero attached hydrogens (tertiary/aromatic N) is 1. The monoisotopic (exact) mass is 360 g/mol. The van der Waals surface area contributed by atoms with E-state index in [-0.39, 0.29) is 17.4 Å². The summed E-state index contributed by atoms with van der Waals surface area (Å²) in [5, 5.41) is 3.91. The molecule has 1 aromatic rings. The van der Waals surface area contributed by atoms with Gasteiger partial charge in [-0.1, -0.05) is 18.0 Å². The normalized spacial score (nSPS) is 35.6. The highest BCUT2D eigenvalue weighted by atomic mass is 35.5. The third kappa shape index (κ3) is 2.57. The average molecular weight is 361 g/mol. The van der Waals surface area contributed by atoms with Crippen molar-refractivity contribution in [2.75, 3.05) is 25.0 Å². The Kier molecular flexibility index (Phi) is 3.75. The maximum Gasteiger partial charge on any atom is 0.230 e. The van der Waals surface area contributed by atoms with Gasteiger partial charge in [0.05, 0.1) is 11.1 Å². The molecule has 2 unspecified atom stereocenters. The van der Waals surface area contributed by atoms with Crippen LogP contribution in [0.3, 0.4) is 0 Å². The van der Waals surface area contributed by atoms with Gasteiger partial charge < -0.3 is 15.0 Å². The minimum absolute atomic E-state index is 0.162. The second-order valence-corrected chi connectivity index (χ2v) is 8.68. The summed E-state index contributed by atoms with van der Waals surface area (Å²) in [6, 6.07) is 3.91. The standard InChI is InChI=1S/C20H25ClN2O2/c21-13-11-15-14-3-1-2-4-17(14)25-18(15)16(12-13)22-19(24)20-5-8-23(9-6-20)10-7-20/h11-12,14,17H,1-10H2,(H,22,24). The molecule has 6 rings (SSSR count). The van der Waals surface area contributed by atoms with E-state index in [4.69, 9.17) is 16.3 Å². The molecule has 1 N–H and O–H groups in total. The highest BCUT2D eigenvalue weighted by molar-refractivity contribution is 6.31. The van der Waals surface area contributed by atoms with Crippen LogP contribution in [0.1, 0.15) is 56.4 Å². The van der Waals surface area contributed by atoms with E-state index in [2.05, 4.69) is 10.2 Å². The number of rotatable bonds is 2. The molecule has 2 atom stereocenters. The van der Waals surface area contributed by atoms with Crippen LogP contribution in [0, 0.1) is 5.41 Å². The molecule has 134 valence electrons. The first-order valence-corrected chi connectivity index (χ1v) is 10.1. The van der Waals surface area contributed by atoms with Crippen LogP contribution in [-0.2, 0) is 4.79 Å². The van der Waals surface area contributed by atoms with Crippen LogP contribution >= 0.6 is 11.6 Å². The summed E-state index contributed by atoms with van der Waals surface area (Å²) in [4.78, 5) is 15.6. The van der Waals surface area contributed by atoms with Crippen LogP contribution in [0.15, 0.2) is 12.1 Å². The summed E-state index contributed by atoms with van der Waals surface area (Å²) in [7, 11) is 0. The van der Waals surface area contributed by atoms with E-state index in [1.807, 2.05) is 12.1 Å². The van der Waals surface area contributed by atoms with Crippen molar-refractivity contribution >= 4 is 23.2 Å². The van der Waals surface area contributed by atoms with Crippen LogP contribution < -0.4 is 10.1 Å². The molecule has 25 heavy (non-hydrogen) atoms. The summed E-state index contributed by atoms with van der Waals surface area (Å²) in [5.74, 6) is 1.48. The maximum absolute atomic E-state index is 13.1. The van der Waals surface area contributed by atoms with Crippen LogP contribution in [0.2, 0.25) is 5.02 Å². The van der Waals surface area contributed by atoms with Gasteiger partial charge in [-0.2, -0.15) is 0 Å². The first-order chi connectivity index (χ1) is 12.1. The topological polar surface area (TPSA) is 41.6 Å². The summed E-state index contributed by atoms with van der Waals surface area (Å²) < 4.78 is 6.28. The maximum atomic E-state index is 13.1. The Hall–Kier alpha value is -1.26. The molecule has 2 bridgehead atoms. The van der Waals surface area contributed by atoms with Gasteiger partial charge in [-0.05, 0) is 70.3 Å². The van der Waals surface area contributed by atoms with Gasteiger partial charge in [-0.15, -0.1) is 0 Å². The third-order valence-corrected chi connectivity index (χ3v) is 7.12. The third-order valence-electron chi connectivity index (χ3n) is 6.90. The highest BCUT2D eigenvalue weighted by Crippen LogP contribution is 2.50. The molecular formula is C20H25ClN2O2. The van der Waals surface area contributed by atoms with E-state index in [1.54, 1.807) is 0 Å². The van der Waals surface area contributed by atoms with Gasteiger partial charge in [0.25, 0.3) is 0 Å². The van der Waals surface area contributed by atoms with Crippen LogP contribution in [0.25, 0.3) is 0 Å². The molecule has 5 heteroatoms. The summed E-state index contributed by atoms with van der Waals surface area (Å²) in [6.07, 6.45) is 7.89. The Morgan fingerprint density at radius 3 is 2.64 bits per heavy atom. The van der Waals surface area contributed by atoms with Crippen LogP contribution in [-0.4, -0.2) is 36.5 Å². The lowest BCUT2D eigenvalue weighted by Crippen LogP contribution is -2.53. The second-order valence-electron chi connectivity index (χ2n) is 8.25. The predicted octanol–water partition coefficient (Wildman–Crippen LogP) is 4.18. The van der Waals surface area contributed by atoms with Crippen molar-refractivity contribution in [3.05, 3.63) is 22.7 Å². The largest absolute Gasteiger partial charge is 0.487 e. The van der Waals surface area contributed by atoms with Gasteiger partial charge in [0.15, 0.2) is 0 Å². The van der Waals surface area contributed by atoms with Crippen molar-refractivity contribution in [1.29, 1.82) is 0 Å². The Labute approximate surface area is 153 Å². The smallest absolute Gasteiger partial charge is 0.230 e. The van der Waals surface area contributed by atoms with E-state index in [1.165, 1.54) is 18.4 Å². The van der Waals surface area contributed by atoms with Crippen LogP contribution in [0.5, 0.6) is 5.75 Å². The lowest BCUT2D eigenvalue weighted by atomic mass is 9.71. The molecule has 1 amide bonds. The molecule has 0 spiro atoms. The minimum Gasteiger partial charge on any atom is -0.487 e. The van der Waals surface area contributed by atoms with Crippen molar-refractivity contribution in [2.45, 2.75) is 57.0 Å². The molecule has 0 aromatic heterocycles. The molecule has 4 nitrogen and oxygen atoms in total. The summed E-state index contributed by atoms with van der Waals surface area (Å²) in [5.41, 5.74) is 1.78. The molecule has 1 aromatic carbocycles. The van der Waals surface area contributed by atoms with Gasteiger partial charge in [-0.25, -0.2) is 0 Å². The van der Waals surface area contributed by atoms with E-state index in [0.717, 1.165) is 63.2 Å². The van der Waals surface area contributed by atoms with Gasteiger partial charge in [-0.3, -0.25) is 4.79 Å². The van der Waals surface area contributed by atoms with E-state index >= 15 is 0 Å². The zero-order chi connectivity index (χ0) is 17.0. The molecule has 4 heterocycles. The first-order valence-electron chi connectivity index (χ1n) is 9.69. The molecule has 4 fully saturated rings. The van der Waals surface area contributed by atoms with Crippen molar-refractivity contribution in [3.63, 3.8) is 0 Å². The second kappa shape index (κ2) is 5.88. The number of anilines is 1. The van der Waals surface area contributed by atoms with Gasteiger partial charge in [0, 0.05) is 16.5 Å². The number of piperidine rings is 3. The quantitative estimate of drug-likeness (QED) is 0.860. The number of carbonyl (C=O) groups excluding carboxylic acids is 1. The average Bonchev–Trinajstić information content (AvgIpc) is 3.02. The number of benzene rings is 1. The molecule has 5 aliphatic rings. The zero-order valence-electron chi connectivity index (χ0n) is 14.5. The van der Waals surface area contributed by atoms with E-state index in [9.17, 15) is 4.79 Å². The summed E-state index contributed by atoms with van der Waals surface area (Å²) >= 11 is 6.39. The van der Waals surface area contributed by atoms with Crippen molar-refractivity contribution < 1.29 is 9.53 Å². The number of carbonyl (C=O) groups is 1. The van der Waals surface area contributed by atoms with Crippen LogP contribution in [0.4, 0.5) is 5.69 Å². The van der Waals surface area contributed by atoms with Crippen molar-refractivity contribution in [1.82, 2.24) is 4.90 Å². The fraction of sp³-hybridized carbons (Fsp3) is 0.650. The molecule has 1 saturated carbocycles. The number of hydrogen-bond acceptors (Lipinski definition) is 3. The number of hydrogen-bond donors (Lipinski definition) is 1. The lowest BCUT2D eigenvalue weighted by molar-refractivity contribution is -0.132. The molecule has 4 aliphatic heterocycles. The van der Waals surface area contributed by atoms with Gasteiger partial charge >= 0.3 is 0 Å². The number of halogens is 1. The van der Waals surface area contributed by atoms with Crippen molar-refractivity contribution in [3.8, 4) is 5.75 Å². The SMILES string of the molecule is O=C(Nc1cc(Cl)cc2c1OC1CCCCC21)C12CCN(CC1)CC2.